The first kappa shape index (κ1) is 24.8. The third-order valence-corrected chi connectivity index (χ3v) is 6.39. The van der Waals surface area contributed by atoms with Crippen molar-refractivity contribution in [2.24, 2.45) is 0 Å². The summed E-state index contributed by atoms with van der Waals surface area (Å²) in [5, 5.41) is 6.00. The number of imide groups is 1. The van der Waals surface area contributed by atoms with Gasteiger partial charge in [-0.25, -0.2) is 4.90 Å². The average molecular weight is 529 g/mol. The van der Waals surface area contributed by atoms with Crippen LogP contribution in [0.4, 0.5) is 17.1 Å². The molecule has 2 N–H and O–H groups in total. The van der Waals surface area contributed by atoms with Crippen LogP contribution in [0.3, 0.4) is 0 Å². The topological polar surface area (TPSA) is 78.5 Å². The molecule has 0 fully saturated rings. The molecule has 0 bridgehead atoms. The lowest BCUT2D eigenvalue weighted by Gasteiger charge is -2.17. The summed E-state index contributed by atoms with van der Waals surface area (Å²) < 4.78 is 0. The van der Waals surface area contributed by atoms with Gasteiger partial charge in [-0.3, -0.25) is 14.4 Å². The smallest absolute Gasteiger partial charge is 0.283 e. The largest absolute Gasteiger partial charge is 0.350 e. The van der Waals surface area contributed by atoms with E-state index in [0.717, 1.165) is 27.3 Å². The van der Waals surface area contributed by atoms with Crippen molar-refractivity contribution in [2.75, 3.05) is 15.5 Å². The molecular weight excluding hydrogens is 509 g/mol. The monoisotopic (exact) mass is 527 g/mol. The molecule has 0 saturated carbocycles. The van der Waals surface area contributed by atoms with Crippen LogP contribution in [0.25, 0.3) is 0 Å². The fourth-order valence-corrected chi connectivity index (χ4v) is 4.51. The predicted octanol–water partition coefficient (Wildman–Crippen LogP) is 6.61. The van der Waals surface area contributed by atoms with Gasteiger partial charge in [-0.05, 0) is 68.3 Å². The molecule has 0 saturated heterocycles. The summed E-state index contributed by atoms with van der Waals surface area (Å²) in [6.07, 6.45) is 0. The first-order valence-electron chi connectivity index (χ1n) is 10.6. The highest BCUT2D eigenvalue weighted by atomic mass is 35.5. The molecule has 0 aromatic heterocycles. The van der Waals surface area contributed by atoms with E-state index in [1.165, 1.54) is 12.1 Å². The number of halogens is 3. The molecule has 35 heavy (non-hydrogen) atoms. The molecule has 0 spiro atoms. The van der Waals surface area contributed by atoms with Gasteiger partial charge in [0.05, 0.1) is 10.7 Å². The van der Waals surface area contributed by atoms with Crippen molar-refractivity contribution in [1.82, 2.24) is 0 Å². The van der Waals surface area contributed by atoms with Crippen LogP contribution in [-0.4, -0.2) is 17.7 Å². The molecule has 0 atom stereocenters. The number of anilines is 3. The Balaban J connectivity index is 1.58. The Morgan fingerprint density at radius 3 is 2.23 bits per heavy atom. The van der Waals surface area contributed by atoms with Crippen LogP contribution in [0.2, 0.25) is 10.0 Å². The molecule has 1 heterocycles. The Bertz CT molecular complexity index is 1410. The summed E-state index contributed by atoms with van der Waals surface area (Å²) in [6.45, 7) is 5.86. The Hall–Kier alpha value is -3.32. The Labute approximate surface area is 217 Å². The molecule has 3 aromatic carbocycles. The van der Waals surface area contributed by atoms with E-state index in [9.17, 15) is 14.4 Å². The summed E-state index contributed by atoms with van der Waals surface area (Å²) in [7, 11) is 0. The van der Waals surface area contributed by atoms with E-state index in [1.807, 2.05) is 32.9 Å². The first-order valence-corrected chi connectivity index (χ1v) is 11.7. The number of rotatable bonds is 5. The highest BCUT2D eigenvalue weighted by Crippen LogP contribution is 2.36. The number of nitrogens with one attached hydrogen (secondary N) is 2. The van der Waals surface area contributed by atoms with E-state index in [4.69, 9.17) is 34.8 Å². The van der Waals surface area contributed by atoms with E-state index < -0.39 is 11.8 Å². The fraction of sp³-hybridized carbons (Fsp3) is 0.115. The minimum Gasteiger partial charge on any atom is -0.350 e. The zero-order valence-corrected chi connectivity index (χ0v) is 21.3. The molecule has 0 unspecified atom stereocenters. The number of benzene rings is 3. The van der Waals surface area contributed by atoms with Crippen LogP contribution >= 0.6 is 34.8 Å². The maximum Gasteiger partial charge on any atom is 0.283 e. The average Bonchev–Trinajstić information content (AvgIpc) is 3.01. The van der Waals surface area contributed by atoms with Crippen LogP contribution in [-0.2, 0) is 9.59 Å². The minimum atomic E-state index is -0.734. The molecular formula is C26H20Cl3N3O3. The maximum absolute atomic E-state index is 13.1. The highest BCUT2D eigenvalue weighted by molar-refractivity contribution is 6.54. The molecule has 3 amide bonds. The molecule has 4 rings (SSSR count). The van der Waals surface area contributed by atoms with E-state index >= 15 is 0 Å². The molecule has 1 aliphatic rings. The zero-order chi connectivity index (χ0) is 25.4. The summed E-state index contributed by atoms with van der Waals surface area (Å²) in [6, 6.07) is 15.0. The van der Waals surface area contributed by atoms with E-state index in [0.29, 0.717) is 16.3 Å². The van der Waals surface area contributed by atoms with Crippen molar-refractivity contribution >= 4 is 69.6 Å². The second-order valence-electron chi connectivity index (χ2n) is 8.16. The normalized spacial score (nSPS) is 13.5. The van der Waals surface area contributed by atoms with Gasteiger partial charge in [0.25, 0.3) is 17.7 Å². The van der Waals surface area contributed by atoms with Crippen LogP contribution in [0.5, 0.6) is 0 Å². The number of carbonyl (C=O) groups is 3. The van der Waals surface area contributed by atoms with Crippen molar-refractivity contribution < 1.29 is 14.4 Å². The second-order valence-corrected chi connectivity index (χ2v) is 9.39. The number of amides is 3. The van der Waals surface area contributed by atoms with Crippen LogP contribution in [0.15, 0.2) is 65.3 Å². The highest BCUT2D eigenvalue weighted by Gasteiger charge is 2.40. The lowest BCUT2D eigenvalue weighted by Crippen LogP contribution is -2.32. The van der Waals surface area contributed by atoms with Crippen LogP contribution < -0.4 is 15.5 Å². The molecule has 3 aromatic rings. The number of nitrogens with zero attached hydrogens (tertiary/aromatic N) is 1. The third-order valence-electron chi connectivity index (χ3n) is 5.49. The quantitative estimate of drug-likeness (QED) is 0.365. The van der Waals surface area contributed by atoms with Gasteiger partial charge in [0, 0.05) is 22.0 Å². The fourth-order valence-electron chi connectivity index (χ4n) is 3.93. The summed E-state index contributed by atoms with van der Waals surface area (Å²) in [4.78, 5) is 39.6. The second kappa shape index (κ2) is 9.74. The number of carbonyl (C=O) groups excluding carboxylic acids is 3. The Morgan fingerprint density at radius 1 is 0.857 bits per heavy atom. The van der Waals surface area contributed by atoms with Crippen molar-refractivity contribution in [3.05, 3.63) is 97.6 Å². The summed E-state index contributed by atoms with van der Waals surface area (Å²) in [5.74, 6) is -1.74. The Morgan fingerprint density at radius 2 is 1.54 bits per heavy atom. The van der Waals surface area contributed by atoms with Gasteiger partial charge in [0.2, 0.25) is 0 Å². The predicted molar refractivity (Wildman–Crippen MR) is 141 cm³/mol. The molecule has 6 nitrogen and oxygen atoms in total. The number of hydrogen-bond acceptors (Lipinski definition) is 4. The van der Waals surface area contributed by atoms with Gasteiger partial charge in [0.15, 0.2) is 0 Å². The van der Waals surface area contributed by atoms with Gasteiger partial charge >= 0.3 is 0 Å². The van der Waals surface area contributed by atoms with Crippen LogP contribution in [0, 0.1) is 20.8 Å². The van der Waals surface area contributed by atoms with Gasteiger partial charge in [-0.15, -0.1) is 0 Å². The van der Waals surface area contributed by atoms with Gasteiger partial charge in [-0.2, -0.15) is 0 Å². The minimum absolute atomic E-state index is 0.126. The molecule has 0 aliphatic carbocycles. The van der Waals surface area contributed by atoms with Crippen molar-refractivity contribution in [3.8, 4) is 0 Å². The lowest BCUT2D eigenvalue weighted by atomic mass is 10.0. The molecule has 0 radical (unpaired) electrons. The van der Waals surface area contributed by atoms with E-state index in [-0.39, 0.29) is 27.3 Å². The van der Waals surface area contributed by atoms with Gasteiger partial charge in [0.1, 0.15) is 10.7 Å². The van der Waals surface area contributed by atoms with Crippen LogP contribution in [0.1, 0.15) is 27.0 Å². The van der Waals surface area contributed by atoms with Gasteiger partial charge in [-0.1, -0.05) is 58.6 Å². The van der Waals surface area contributed by atoms with Crippen molar-refractivity contribution in [3.63, 3.8) is 0 Å². The Kier molecular flexibility index (Phi) is 6.90. The van der Waals surface area contributed by atoms with E-state index in [1.54, 1.807) is 30.3 Å². The van der Waals surface area contributed by atoms with Crippen molar-refractivity contribution in [2.45, 2.75) is 20.8 Å². The number of aryl methyl sites for hydroxylation is 3. The lowest BCUT2D eigenvalue weighted by molar-refractivity contribution is -0.120. The van der Waals surface area contributed by atoms with Crippen molar-refractivity contribution in [1.29, 1.82) is 0 Å². The molecule has 9 heteroatoms. The zero-order valence-electron chi connectivity index (χ0n) is 19.0. The standard InChI is InChI=1S/C26H20Cl3N3O3/c1-13-9-14(2)22(15(3)10-13)31-24(33)16-5-4-6-18(11-16)30-23-21(29)25(34)32(26(23)35)20-12-17(27)7-8-19(20)28/h4-12,30H,1-3H3,(H,31,33). The maximum atomic E-state index is 13.1. The molecule has 1 aliphatic heterocycles. The van der Waals surface area contributed by atoms with E-state index in [2.05, 4.69) is 10.6 Å². The SMILES string of the molecule is Cc1cc(C)c(NC(=O)c2cccc(NC3=C(Cl)C(=O)N(c4cc(Cl)ccc4Cl)C3=O)c2)c(C)c1. The summed E-state index contributed by atoms with van der Waals surface area (Å²) >= 11 is 18.4. The first-order chi connectivity index (χ1) is 16.6. The summed E-state index contributed by atoms with van der Waals surface area (Å²) in [5.41, 5.74) is 4.53. The third kappa shape index (κ3) is 4.91. The number of hydrogen-bond donors (Lipinski definition) is 2. The van der Waals surface area contributed by atoms with Gasteiger partial charge < -0.3 is 10.6 Å². The molecule has 178 valence electrons.